The van der Waals surface area contributed by atoms with E-state index in [0.717, 1.165) is 4.73 Å². The summed E-state index contributed by atoms with van der Waals surface area (Å²) in [6.07, 6.45) is 0.596. The van der Waals surface area contributed by atoms with Gasteiger partial charge in [-0.2, -0.15) is 9.99 Å². The summed E-state index contributed by atoms with van der Waals surface area (Å²) < 4.78 is 6.98. The number of fused-ring (bicyclic) bond motifs is 1. The molecule has 2 atom stereocenters. The zero-order chi connectivity index (χ0) is 17.5. The molecule has 2 aromatic rings. The van der Waals surface area contributed by atoms with Crippen molar-refractivity contribution >= 4 is 0 Å². The highest BCUT2D eigenvalue weighted by atomic mass is 16.7. The van der Waals surface area contributed by atoms with Crippen LogP contribution in [0.5, 0.6) is 5.75 Å². The van der Waals surface area contributed by atoms with Crippen molar-refractivity contribution in [2.45, 2.75) is 38.1 Å². The zero-order valence-electron chi connectivity index (χ0n) is 13.7. The van der Waals surface area contributed by atoms with Gasteiger partial charge in [0.2, 0.25) is 0 Å². The molecule has 0 fully saturated rings. The van der Waals surface area contributed by atoms with Crippen molar-refractivity contribution in [3.8, 4) is 11.8 Å². The quantitative estimate of drug-likeness (QED) is 0.910. The van der Waals surface area contributed by atoms with Gasteiger partial charge in [-0.3, -0.25) is 4.79 Å². The van der Waals surface area contributed by atoms with Crippen LogP contribution in [-0.2, 0) is 0 Å². The van der Waals surface area contributed by atoms with Crippen LogP contribution in [0, 0.1) is 11.3 Å². The second-order valence-electron chi connectivity index (χ2n) is 6.47. The Balaban J connectivity index is 2.16. The Bertz CT molecular complexity index is 877. The minimum Gasteiger partial charge on any atom is -0.484 e. The molecule has 0 saturated heterocycles. The first kappa shape index (κ1) is 16.1. The van der Waals surface area contributed by atoms with Crippen molar-refractivity contribution in [3.05, 3.63) is 64.1 Å². The van der Waals surface area contributed by atoms with Crippen LogP contribution in [0.2, 0.25) is 0 Å². The molecule has 1 N–H and O–H groups in total. The number of pyridine rings is 1. The molecule has 2 heterocycles. The molecule has 6 heteroatoms. The molecular formula is C18H18N2O4. The minimum absolute atomic E-state index is 0.351. The standard InChI is InChI=1S/C18H18N2O4/c1-17(2)18(3,22)16(24-20-9-5-4-6-15(20)21)13-10-12(11-19)7-8-14(13)23-17/h4-10,16,22H,1-3H3/t16-,18+/m1/s1. The summed E-state index contributed by atoms with van der Waals surface area (Å²) >= 11 is 0. The Hall–Kier alpha value is -2.78. The van der Waals surface area contributed by atoms with Gasteiger partial charge in [0.15, 0.2) is 6.10 Å². The lowest BCUT2D eigenvalue weighted by Gasteiger charge is -2.48. The molecule has 0 amide bonds. The van der Waals surface area contributed by atoms with Crippen LogP contribution in [0.15, 0.2) is 47.4 Å². The van der Waals surface area contributed by atoms with Crippen LogP contribution in [0.25, 0.3) is 0 Å². The molecule has 0 saturated carbocycles. The van der Waals surface area contributed by atoms with E-state index in [1.165, 1.54) is 12.3 Å². The Labute approximate surface area is 139 Å². The van der Waals surface area contributed by atoms with Crippen LogP contribution in [0.3, 0.4) is 0 Å². The van der Waals surface area contributed by atoms with E-state index in [2.05, 4.69) is 6.07 Å². The molecule has 1 aromatic heterocycles. The number of rotatable bonds is 2. The highest BCUT2D eigenvalue weighted by molar-refractivity contribution is 5.46. The number of nitrogens with zero attached hydrogens (tertiary/aromatic N) is 2. The number of nitriles is 1. The van der Waals surface area contributed by atoms with Gasteiger partial charge in [-0.05, 0) is 45.0 Å². The van der Waals surface area contributed by atoms with Gasteiger partial charge < -0.3 is 14.7 Å². The van der Waals surface area contributed by atoms with Crippen molar-refractivity contribution in [3.63, 3.8) is 0 Å². The molecule has 1 aromatic carbocycles. The first-order valence-corrected chi connectivity index (χ1v) is 7.56. The van der Waals surface area contributed by atoms with E-state index in [4.69, 9.17) is 14.8 Å². The summed E-state index contributed by atoms with van der Waals surface area (Å²) in [5, 5.41) is 20.2. The maximum absolute atomic E-state index is 12.0. The van der Waals surface area contributed by atoms with Crippen molar-refractivity contribution < 1.29 is 14.7 Å². The summed E-state index contributed by atoms with van der Waals surface area (Å²) in [7, 11) is 0. The van der Waals surface area contributed by atoms with Gasteiger partial charge in [-0.15, -0.1) is 0 Å². The average molecular weight is 326 g/mol. The Morgan fingerprint density at radius 2 is 2.04 bits per heavy atom. The fraction of sp³-hybridized carbons (Fsp3) is 0.333. The van der Waals surface area contributed by atoms with Crippen molar-refractivity contribution in [1.82, 2.24) is 4.73 Å². The van der Waals surface area contributed by atoms with Gasteiger partial charge in [0.25, 0.3) is 5.56 Å². The van der Waals surface area contributed by atoms with E-state index in [-0.39, 0.29) is 5.56 Å². The number of aliphatic hydroxyl groups is 1. The number of ether oxygens (including phenoxy) is 1. The van der Waals surface area contributed by atoms with Crippen LogP contribution >= 0.6 is 0 Å². The predicted molar refractivity (Wildman–Crippen MR) is 86.5 cm³/mol. The van der Waals surface area contributed by atoms with E-state index >= 15 is 0 Å². The third kappa shape index (κ3) is 2.43. The smallest absolute Gasteiger partial charge is 0.282 e. The molecular weight excluding hydrogens is 308 g/mol. The summed E-state index contributed by atoms with van der Waals surface area (Å²) in [6.45, 7) is 5.09. The Morgan fingerprint density at radius 1 is 1.29 bits per heavy atom. The number of benzene rings is 1. The van der Waals surface area contributed by atoms with Crippen molar-refractivity contribution in [2.75, 3.05) is 0 Å². The molecule has 1 aliphatic rings. The molecule has 124 valence electrons. The van der Waals surface area contributed by atoms with E-state index in [9.17, 15) is 9.90 Å². The molecule has 0 bridgehead atoms. The SMILES string of the molecule is CC1(C)Oc2ccc(C#N)cc2[C@@H](On2ccccc2=O)[C@]1(C)O. The first-order chi connectivity index (χ1) is 11.3. The predicted octanol–water partition coefficient (Wildman–Crippen LogP) is 1.81. The van der Waals surface area contributed by atoms with Crippen LogP contribution in [0.1, 0.15) is 38.0 Å². The summed E-state index contributed by atoms with van der Waals surface area (Å²) in [6, 6.07) is 11.6. The Morgan fingerprint density at radius 3 is 2.71 bits per heavy atom. The van der Waals surface area contributed by atoms with E-state index < -0.39 is 17.3 Å². The topological polar surface area (TPSA) is 84.5 Å². The lowest BCUT2D eigenvalue weighted by molar-refractivity contribution is -0.200. The molecule has 0 aliphatic carbocycles. The Kier molecular flexibility index (Phi) is 3.61. The van der Waals surface area contributed by atoms with E-state index in [1.807, 2.05) is 0 Å². The highest BCUT2D eigenvalue weighted by Crippen LogP contribution is 2.47. The van der Waals surface area contributed by atoms with Gasteiger partial charge in [0.05, 0.1) is 11.6 Å². The van der Waals surface area contributed by atoms with Gasteiger partial charge in [0.1, 0.15) is 17.0 Å². The lowest BCUT2D eigenvalue weighted by atomic mass is 9.77. The number of hydrogen-bond donors (Lipinski definition) is 1. The average Bonchev–Trinajstić information content (AvgIpc) is 2.53. The van der Waals surface area contributed by atoms with Crippen LogP contribution in [0.4, 0.5) is 0 Å². The van der Waals surface area contributed by atoms with Gasteiger partial charge in [-0.25, -0.2) is 0 Å². The minimum atomic E-state index is -1.44. The summed E-state index contributed by atoms with van der Waals surface area (Å²) in [5.41, 5.74) is -1.81. The van der Waals surface area contributed by atoms with E-state index in [0.29, 0.717) is 16.9 Å². The third-order valence-corrected chi connectivity index (χ3v) is 4.52. The van der Waals surface area contributed by atoms with Crippen molar-refractivity contribution in [1.29, 1.82) is 5.26 Å². The van der Waals surface area contributed by atoms with Crippen LogP contribution in [-0.4, -0.2) is 21.0 Å². The van der Waals surface area contributed by atoms with Crippen molar-refractivity contribution in [2.24, 2.45) is 0 Å². The van der Waals surface area contributed by atoms with Gasteiger partial charge in [0, 0.05) is 17.8 Å². The second-order valence-corrected chi connectivity index (χ2v) is 6.47. The van der Waals surface area contributed by atoms with E-state index in [1.54, 1.807) is 51.1 Å². The molecule has 1 aliphatic heterocycles. The fourth-order valence-corrected chi connectivity index (χ4v) is 2.69. The molecule has 0 radical (unpaired) electrons. The van der Waals surface area contributed by atoms with Gasteiger partial charge >= 0.3 is 0 Å². The zero-order valence-corrected chi connectivity index (χ0v) is 13.7. The maximum atomic E-state index is 12.0. The normalized spacial score (nSPS) is 24.4. The summed E-state index contributed by atoms with van der Waals surface area (Å²) in [5.74, 6) is 0.513. The number of hydrogen-bond acceptors (Lipinski definition) is 5. The first-order valence-electron chi connectivity index (χ1n) is 7.56. The molecule has 0 spiro atoms. The van der Waals surface area contributed by atoms with Gasteiger partial charge in [-0.1, -0.05) is 6.07 Å². The number of aromatic nitrogens is 1. The summed E-state index contributed by atoms with van der Waals surface area (Å²) in [4.78, 5) is 17.8. The fourth-order valence-electron chi connectivity index (χ4n) is 2.69. The van der Waals surface area contributed by atoms with Crippen LogP contribution < -0.4 is 15.1 Å². The second kappa shape index (κ2) is 5.39. The molecule has 24 heavy (non-hydrogen) atoms. The highest BCUT2D eigenvalue weighted by Gasteiger charge is 2.54. The molecule has 6 nitrogen and oxygen atoms in total. The molecule has 0 unspecified atom stereocenters. The maximum Gasteiger partial charge on any atom is 0.282 e. The monoisotopic (exact) mass is 326 g/mol. The third-order valence-electron chi connectivity index (χ3n) is 4.52. The largest absolute Gasteiger partial charge is 0.484 e. The molecule has 3 rings (SSSR count). The lowest BCUT2D eigenvalue weighted by Crippen LogP contribution is -2.60.